The van der Waals surface area contributed by atoms with Gasteiger partial charge in [-0.05, 0) is 37.5 Å². The lowest BCUT2D eigenvalue weighted by Crippen LogP contribution is -2.46. The molecule has 0 aromatic rings. The zero-order valence-electron chi connectivity index (χ0n) is 10.5. The molecule has 4 heteroatoms. The highest BCUT2D eigenvalue weighted by Crippen LogP contribution is 2.36. The lowest BCUT2D eigenvalue weighted by Gasteiger charge is -2.36. The van der Waals surface area contributed by atoms with Gasteiger partial charge >= 0.3 is 5.97 Å². The molecule has 1 aliphatic heterocycles. The van der Waals surface area contributed by atoms with Gasteiger partial charge in [0, 0.05) is 0 Å². The topological polar surface area (TPSA) is 38.3 Å². The Morgan fingerprint density at radius 1 is 1.40 bits per heavy atom. The normalized spacial score (nSPS) is 22.9. The molecule has 0 aliphatic carbocycles. The summed E-state index contributed by atoms with van der Waals surface area (Å²) in [7, 11) is -1.93. The molecule has 0 spiro atoms. The fourth-order valence-electron chi connectivity index (χ4n) is 1.36. The lowest BCUT2D eigenvalue weighted by atomic mass is 10.2. The molecular weight excluding hydrogens is 206 g/mol. The number of carbonyl (C=O) groups excluding carboxylic acids is 1. The Labute approximate surface area is 93.7 Å². The van der Waals surface area contributed by atoms with E-state index in [0.717, 1.165) is 19.4 Å². The highest BCUT2D eigenvalue weighted by Gasteiger charge is 2.41. The molecule has 0 radical (unpaired) electrons. The second kappa shape index (κ2) is 4.26. The average molecular weight is 229 g/mol. The molecule has 0 bridgehead atoms. The molecular formula is C11H23NO2Si. The highest BCUT2D eigenvalue weighted by molar-refractivity contribution is 6.75. The van der Waals surface area contributed by atoms with Crippen LogP contribution in [0.4, 0.5) is 0 Å². The minimum atomic E-state index is -1.93. The van der Waals surface area contributed by atoms with E-state index in [1.807, 2.05) is 0 Å². The quantitative estimate of drug-likeness (QED) is 0.738. The van der Waals surface area contributed by atoms with Crippen molar-refractivity contribution in [2.45, 2.75) is 57.8 Å². The van der Waals surface area contributed by atoms with Crippen molar-refractivity contribution in [3.63, 3.8) is 0 Å². The van der Waals surface area contributed by atoms with E-state index >= 15 is 0 Å². The van der Waals surface area contributed by atoms with E-state index in [1.54, 1.807) is 0 Å². The summed E-state index contributed by atoms with van der Waals surface area (Å²) in [4.78, 5) is 11.9. The number of hydrogen-bond acceptors (Lipinski definition) is 3. The lowest BCUT2D eigenvalue weighted by molar-refractivity contribution is -0.137. The summed E-state index contributed by atoms with van der Waals surface area (Å²) in [6.07, 6.45) is 2.00. The monoisotopic (exact) mass is 229 g/mol. The van der Waals surface area contributed by atoms with E-state index < -0.39 is 8.32 Å². The van der Waals surface area contributed by atoms with Gasteiger partial charge in [-0.25, -0.2) is 0 Å². The van der Waals surface area contributed by atoms with Crippen LogP contribution in [-0.4, -0.2) is 26.9 Å². The van der Waals surface area contributed by atoms with Crippen LogP contribution < -0.4 is 5.32 Å². The molecule has 1 aliphatic rings. The molecule has 3 nitrogen and oxygen atoms in total. The van der Waals surface area contributed by atoms with E-state index in [-0.39, 0.29) is 17.0 Å². The summed E-state index contributed by atoms with van der Waals surface area (Å²) < 4.78 is 5.72. The maximum absolute atomic E-state index is 11.9. The standard InChI is InChI=1S/C11H23NO2Si/c1-11(2,3)15(4,5)14-10(13)9-7-6-8-12-9/h9,12H,6-8H2,1-5H3. The molecule has 15 heavy (non-hydrogen) atoms. The van der Waals surface area contributed by atoms with Crippen LogP contribution in [0.5, 0.6) is 0 Å². The van der Waals surface area contributed by atoms with E-state index in [2.05, 4.69) is 39.2 Å². The Kier molecular flexibility index (Phi) is 3.61. The Hall–Kier alpha value is -0.353. The molecule has 1 N–H and O–H groups in total. The van der Waals surface area contributed by atoms with Crippen LogP contribution in [0.15, 0.2) is 0 Å². The molecule has 1 atom stereocenters. The van der Waals surface area contributed by atoms with Crippen molar-refractivity contribution in [2.24, 2.45) is 0 Å². The SMILES string of the molecule is CC(C)(C)[Si](C)(C)OC(=O)C1CCCN1. The van der Waals surface area contributed by atoms with Crippen LogP contribution in [0.3, 0.4) is 0 Å². The van der Waals surface area contributed by atoms with Gasteiger partial charge < -0.3 is 9.74 Å². The maximum atomic E-state index is 11.9. The average Bonchev–Trinajstić information content (AvgIpc) is 2.51. The van der Waals surface area contributed by atoms with Crippen LogP contribution in [-0.2, 0) is 9.22 Å². The summed E-state index contributed by atoms with van der Waals surface area (Å²) in [6.45, 7) is 11.6. The minimum Gasteiger partial charge on any atom is -0.518 e. The van der Waals surface area contributed by atoms with Gasteiger partial charge in [0.1, 0.15) is 6.04 Å². The van der Waals surface area contributed by atoms with Crippen LogP contribution in [0.25, 0.3) is 0 Å². The molecule has 1 rings (SSSR count). The van der Waals surface area contributed by atoms with Crippen LogP contribution in [0.1, 0.15) is 33.6 Å². The van der Waals surface area contributed by atoms with Crippen LogP contribution >= 0.6 is 0 Å². The minimum absolute atomic E-state index is 0.0425. The summed E-state index contributed by atoms with van der Waals surface area (Å²) in [5.74, 6) is -0.0425. The van der Waals surface area contributed by atoms with Crippen LogP contribution in [0, 0.1) is 0 Å². The molecule has 1 unspecified atom stereocenters. The maximum Gasteiger partial charge on any atom is 0.309 e. The van der Waals surface area contributed by atoms with Crippen molar-refractivity contribution in [1.29, 1.82) is 0 Å². The van der Waals surface area contributed by atoms with Crippen molar-refractivity contribution in [3.05, 3.63) is 0 Å². The summed E-state index contributed by atoms with van der Waals surface area (Å²) in [5, 5.41) is 3.28. The van der Waals surface area contributed by atoms with E-state index in [4.69, 9.17) is 4.43 Å². The Balaban J connectivity index is 2.57. The van der Waals surface area contributed by atoms with Crippen molar-refractivity contribution in [1.82, 2.24) is 5.32 Å². The van der Waals surface area contributed by atoms with Gasteiger partial charge in [-0.3, -0.25) is 4.79 Å². The Morgan fingerprint density at radius 3 is 2.40 bits per heavy atom. The third-order valence-corrected chi connectivity index (χ3v) is 7.83. The fraction of sp³-hybridized carbons (Fsp3) is 0.909. The molecule has 0 aromatic heterocycles. The van der Waals surface area contributed by atoms with E-state index in [1.165, 1.54) is 0 Å². The van der Waals surface area contributed by atoms with Gasteiger partial charge in [0.15, 0.2) is 0 Å². The predicted molar refractivity (Wildman–Crippen MR) is 64.3 cm³/mol. The summed E-state index contributed by atoms with van der Waals surface area (Å²) >= 11 is 0. The molecule has 0 saturated carbocycles. The Bertz CT molecular complexity index is 239. The van der Waals surface area contributed by atoms with Gasteiger partial charge in [-0.2, -0.15) is 0 Å². The van der Waals surface area contributed by atoms with E-state index in [0.29, 0.717) is 0 Å². The second-order valence-electron chi connectivity index (χ2n) is 5.83. The number of hydrogen-bond donors (Lipinski definition) is 1. The van der Waals surface area contributed by atoms with Gasteiger partial charge in [0.2, 0.25) is 0 Å². The largest absolute Gasteiger partial charge is 0.518 e. The predicted octanol–water partition coefficient (Wildman–Crippen LogP) is 2.29. The molecule has 88 valence electrons. The molecule has 0 aromatic carbocycles. The molecule has 0 amide bonds. The number of rotatable bonds is 2. The van der Waals surface area contributed by atoms with Crippen molar-refractivity contribution in [3.8, 4) is 0 Å². The van der Waals surface area contributed by atoms with Gasteiger partial charge in [-0.1, -0.05) is 20.8 Å². The smallest absolute Gasteiger partial charge is 0.309 e. The summed E-state index contributed by atoms with van der Waals surface area (Å²) in [6, 6.07) is -0.0564. The van der Waals surface area contributed by atoms with Crippen molar-refractivity contribution < 1.29 is 9.22 Å². The molecule has 1 heterocycles. The highest BCUT2D eigenvalue weighted by atomic mass is 28.4. The first-order valence-electron chi connectivity index (χ1n) is 5.70. The summed E-state index contributed by atoms with van der Waals surface area (Å²) in [5.41, 5.74) is 0. The van der Waals surface area contributed by atoms with Crippen molar-refractivity contribution in [2.75, 3.05) is 6.54 Å². The van der Waals surface area contributed by atoms with Gasteiger partial charge in [0.05, 0.1) is 0 Å². The van der Waals surface area contributed by atoms with Crippen molar-refractivity contribution >= 4 is 14.3 Å². The third-order valence-electron chi connectivity index (χ3n) is 3.51. The fourth-order valence-corrected chi connectivity index (χ4v) is 2.31. The Morgan fingerprint density at radius 2 is 2.00 bits per heavy atom. The number of carbonyl (C=O) groups is 1. The van der Waals surface area contributed by atoms with Gasteiger partial charge in [0.25, 0.3) is 8.32 Å². The first kappa shape index (κ1) is 12.7. The first-order valence-corrected chi connectivity index (χ1v) is 8.61. The molecule has 1 fully saturated rings. The third kappa shape index (κ3) is 3.05. The molecule has 1 saturated heterocycles. The van der Waals surface area contributed by atoms with Crippen LogP contribution in [0.2, 0.25) is 18.1 Å². The zero-order chi connectivity index (χ0) is 11.7. The number of nitrogens with one attached hydrogen (secondary N) is 1. The van der Waals surface area contributed by atoms with Gasteiger partial charge in [-0.15, -0.1) is 0 Å². The first-order chi connectivity index (χ1) is 6.74. The second-order valence-corrected chi connectivity index (χ2v) is 10.6. The van der Waals surface area contributed by atoms with E-state index in [9.17, 15) is 4.79 Å². The zero-order valence-corrected chi connectivity index (χ0v) is 11.5.